The van der Waals surface area contributed by atoms with Crippen LogP contribution in [-0.4, -0.2) is 23.9 Å². The highest BCUT2D eigenvalue weighted by molar-refractivity contribution is 7.82. The molecule has 130 valence electrons. The van der Waals surface area contributed by atoms with Crippen molar-refractivity contribution in [1.29, 1.82) is 0 Å². The van der Waals surface area contributed by atoms with Gasteiger partial charge in [0.05, 0.1) is 12.7 Å². The monoisotopic (exact) mass is 375 g/mol. The zero-order valence-corrected chi connectivity index (χ0v) is 15.2. The molecule has 0 aliphatic heterocycles. The second-order valence-corrected chi connectivity index (χ2v) is 7.08. The van der Waals surface area contributed by atoms with Gasteiger partial charge < -0.3 is 21.1 Å². The lowest BCUT2D eigenvalue weighted by Gasteiger charge is -2.09. The maximum Gasteiger partial charge on any atom is 0.284 e. The number of nitrogens with two attached hydrogens (primary N) is 1. The van der Waals surface area contributed by atoms with Crippen LogP contribution in [0.4, 0.5) is 10.7 Å². The number of anilines is 2. The van der Waals surface area contributed by atoms with Crippen LogP contribution in [0.1, 0.15) is 27.2 Å². The van der Waals surface area contributed by atoms with Crippen molar-refractivity contribution in [1.82, 2.24) is 0 Å². The molecular weight excluding hydrogens is 358 g/mol. The van der Waals surface area contributed by atoms with E-state index in [-0.39, 0.29) is 4.99 Å². The minimum atomic E-state index is -0.524. The van der Waals surface area contributed by atoms with E-state index in [0.717, 1.165) is 29.7 Å². The fourth-order valence-electron chi connectivity index (χ4n) is 2.78. The maximum absolute atomic E-state index is 12.4. The highest BCUT2D eigenvalue weighted by Gasteiger charge is 2.26. The number of methoxy groups -OCH3 is 1. The lowest BCUT2D eigenvalue weighted by molar-refractivity contribution is -0.110. The number of nitrogens with one attached hydrogen (secondary N) is 2. The van der Waals surface area contributed by atoms with Crippen molar-refractivity contribution in [2.45, 2.75) is 19.3 Å². The molecule has 1 aliphatic rings. The Morgan fingerprint density at radius 3 is 2.56 bits per heavy atom. The largest absolute Gasteiger partial charge is 0.497 e. The first-order chi connectivity index (χ1) is 12.0. The Morgan fingerprint density at radius 1 is 1.20 bits per heavy atom. The molecule has 8 heteroatoms. The van der Waals surface area contributed by atoms with Gasteiger partial charge in [0.1, 0.15) is 10.8 Å². The minimum Gasteiger partial charge on any atom is -0.497 e. The van der Waals surface area contributed by atoms with E-state index in [1.165, 1.54) is 11.3 Å². The van der Waals surface area contributed by atoms with Gasteiger partial charge in [0, 0.05) is 10.6 Å². The van der Waals surface area contributed by atoms with Gasteiger partial charge in [-0.3, -0.25) is 9.59 Å². The summed E-state index contributed by atoms with van der Waals surface area (Å²) in [6.45, 7) is 0. The second kappa shape index (κ2) is 7.20. The number of rotatable bonds is 4. The molecule has 0 radical (unpaired) electrons. The van der Waals surface area contributed by atoms with Gasteiger partial charge >= 0.3 is 0 Å². The molecular formula is C17H17N3O3S2. The highest BCUT2D eigenvalue weighted by Crippen LogP contribution is 2.38. The van der Waals surface area contributed by atoms with Crippen molar-refractivity contribution < 1.29 is 14.3 Å². The Bertz CT molecular complexity index is 844. The number of ether oxygens (including phenoxy) is 1. The maximum atomic E-state index is 12.4. The van der Waals surface area contributed by atoms with E-state index in [2.05, 4.69) is 10.6 Å². The van der Waals surface area contributed by atoms with Gasteiger partial charge in [-0.15, -0.1) is 11.3 Å². The zero-order chi connectivity index (χ0) is 18.0. The summed E-state index contributed by atoms with van der Waals surface area (Å²) in [5.41, 5.74) is 7.54. The van der Waals surface area contributed by atoms with Gasteiger partial charge in [0.25, 0.3) is 11.8 Å². The fraction of sp³-hybridized carbons (Fsp3) is 0.235. The molecule has 1 aliphatic carbocycles. The van der Waals surface area contributed by atoms with Crippen LogP contribution in [0.2, 0.25) is 0 Å². The molecule has 0 fully saturated rings. The summed E-state index contributed by atoms with van der Waals surface area (Å²) in [5.74, 6) is -0.294. The predicted octanol–water partition coefficient (Wildman–Crippen LogP) is 2.72. The van der Waals surface area contributed by atoms with Crippen molar-refractivity contribution >= 4 is 51.0 Å². The average molecular weight is 375 g/mol. The lowest BCUT2D eigenvalue weighted by atomic mass is 10.1. The molecule has 2 amide bonds. The van der Waals surface area contributed by atoms with Crippen molar-refractivity contribution in [2.75, 3.05) is 17.7 Å². The normalized spacial score (nSPS) is 12.4. The van der Waals surface area contributed by atoms with Gasteiger partial charge in [-0.2, -0.15) is 0 Å². The number of amides is 2. The number of thiophene rings is 1. The fourth-order valence-corrected chi connectivity index (χ4v) is 4.23. The standard InChI is InChI=1S/C17H17N3O3S2/c1-23-10-7-5-9(6-8-10)19-16(24)15(22)20-17-13(14(18)21)11-3-2-4-12(11)25-17/h5-8H,2-4H2,1H3,(H2,18,21)(H,19,24)(H,20,22). The Labute approximate surface area is 154 Å². The van der Waals surface area contributed by atoms with Crippen LogP contribution in [0.15, 0.2) is 24.3 Å². The zero-order valence-electron chi connectivity index (χ0n) is 13.5. The molecule has 0 saturated carbocycles. The lowest BCUT2D eigenvalue weighted by Crippen LogP contribution is -2.28. The number of thiocarbonyl (C=S) groups is 1. The number of carbonyl (C=O) groups excluding carboxylic acids is 2. The highest BCUT2D eigenvalue weighted by atomic mass is 32.1. The second-order valence-electron chi connectivity index (χ2n) is 5.56. The summed E-state index contributed by atoms with van der Waals surface area (Å²) in [5, 5.41) is 6.05. The van der Waals surface area contributed by atoms with Crippen LogP contribution in [0.25, 0.3) is 0 Å². The summed E-state index contributed by atoms with van der Waals surface area (Å²) in [4.78, 5) is 25.2. The number of fused-ring (bicyclic) bond motifs is 1. The average Bonchev–Trinajstić information content (AvgIpc) is 3.15. The Hall–Kier alpha value is -2.45. The van der Waals surface area contributed by atoms with Gasteiger partial charge in [0.2, 0.25) is 0 Å². The third-order valence-electron chi connectivity index (χ3n) is 3.95. The van der Waals surface area contributed by atoms with E-state index in [1.54, 1.807) is 31.4 Å². The number of primary amides is 1. The quantitative estimate of drug-likeness (QED) is 0.715. The Kier molecular flexibility index (Phi) is 5.00. The Morgan fingerprint density at radius 2 is 1.92 bits per heavy atom. The molecule has 6 nitrogen and oxygen atoms in total. The van der Waals surface area contributed by atoms with Crippen molar-refractivity contribution in [2.24, 2.45) is 5.73 Å². The van der Waals surface area contributed by atoms with Crippen LogP contribution in [0.5, 0.6) is 5.75 Å². The van der Waals surface area contributed by atoms with Crippen molar-refractivity contribution in [3.63, 3.8) is 0 Å². The smallest absolute Gasteiger partial charge is 0.284 e. The van der Waals surface area contributed by atoms with Crippen molar-refractivity contribution in [3.05, 3.63) is 40.3 Å². The molecule has 3 rings (SSSR count). The van der Waals surface area contributed by atoms with Crippen LogP contribution in [0, 0.1) is 0 Å². The first-order valence-electron chi connectivity index (χ1n) is 7.70. The van der Waals surface area contributed by atoms with Gasteiger partial charge in [-0.05, 0) is 49.1 Å². The minimum absolute atomic E-state index is 0.00847. The molecule has 0 atom stereocenters. The van der Waals surface area contributed by atoms with Crippen LogP contribution in [-0.2, 0) is 17.6 Å². The van der Waals surface area contributed by atoms with E-state index >= 15 is 0 Å². The SMILES string of the molecule is COc1ccc(NC(=S)C(=O)Nc2sc3c(c2C(N)=O)CCC3)cc1. The topological polar surface area (TPSA) is 93.4 Å². The summed E-state index contributed by atoms with van der Waals surface area (Å²) in [6, 6.07) is 7.04. The van der Waals surface area contributed by atoms with Gasteiger partial charge in [-0.1, -0.05) is 12.2 Å². The molecule has 0 spiro atoms. The number of hydrogen-bond donors (Lipinski definition) is 3. The summed E-state index contributed by atoms with van der Waals surface area (Å²) >= 11 is 6.54. The summed E-state index contributed by atoms with van der Waals surface area (Å²) in [7, 11) is 1.58. The number of aryl methyl sites for hydroxylation is 1. The van der Waals surface area contributed by atoms with E-state index in [0.29, 0.717) is 22.0 Å². The molecule has 1 aromatic heterocycles. The van der Waals surface area contributed by atoms with E-state index in [1.807, 2.05) is 0 Å². The summed E-state index contributed by atoms with van der Waals surface area (Å²) < 4.78 is 5.08. The van der Waals surface area contributed by atoms with E-state index < -0.39 is 11.8 Å². The molecule has 0 bridgehead atoms. The van der Waals surface area contributed by atoms with Crippen LogP contribution >= 0.6 is 23.6 Å². The first kappa shape index (κ1) is 17.4. The number of benzene rings is 1. The van der Waals surface area contributed by atoms with Crippen LogP contribution in [0.3, 0.4) is 0 Å². The number of carbonyl (C=O) groups is 2. The van der Waals surface area contributed by atoms with E-state index in [4.69, 9.17) is 22.7 Å². The third-order valence-corrected chi connectivity index (χ3v) is 5.44. The van der Waals surface area contributed by atoms with Gasteiger partial charge in [0.15, 0.2) is 4.99 Å². The predicted molar refractivity (Wildman–Crippen MR) is 103 cm³/mol. The molecule has 0 saturated heterocycles. The molecule has 0 unspecified atom stereocenters. The molecule has 25 heavy (non-hydrogen) atoms. The van der Waals surface area contributed by atoms with Crippen molar-refractivity contribution in [3.8, 4) is 5.75 Å². The third kappa shape index (κ3) is 3.64. The first-order valence-corrected chi connectivity index (χ1v) is 8.92. The van der Waals surface area contributed by atoms with Crippen LogP contribution < -0.4 is 21.1 Å². The molecule has 1 aromatic carbocycles. The molecule has 1 heterocycles. The Balaban J connectivity index is 1.71. The van der Waals surface area contributed by atoms with E-state index in [9.17, 15) is 9.59 Å². The van der Waals surface area contributed by atoms with Gasteiger partial charge in [-0.25, -0.2) is 0 Å². The molecule has 2 aromatic rings. The number of hydrogen-bond acceptors (Lipinski definition) is 5. The summed E-state index contributed by atoms with van der Waals surface area (Å²) in [6.07, 6.45) is 2.73. The molecule has 4 N–H and O–H groups in total.